The fourth-order valence-corrected chi connectivity index (χ4v) is 5.56. The zero-order valence-corrected chi connectivity index (χ0v) is 31.7. The fraction of sp³-hybridized carbons (Fsp3) is 0.605. The molecule has 0 aliphatic rings. The van der Waals surface area contributed by atoms with E-state index in [0.717, 1.165) is 12.1 Å². The van der Waals surface area contributed by atoms with Crippen molar-refractivity contribution in [1.29, 1.82) is 0 Å². The monoisotopic (exact) mass is 759 g/mol. The molecule has 0 aliphatic heterocycles. The first-order chi connectivity index (χ1) is 24.6. The quantitative estimate of drug-likeness (QED) is 0.0855. The number of anilines is 1. The second kappa shape index (κ2) is 20.5. The molecule has 2 aromatic rings. The highest BCUT2D eigenvalue weighted by atomic mass is 19.4. The van der Waals surface area contributed by atoms with Crippen LogP contribution >= 0.6 is 0 Å². The van der Waals surface area contributed by atoms with Crippen LogP contribution in [0.2, 0.25) is 0 Å². The van der Waals surface area contributed by atoms with Crippen LogP contribution in [0.4, 0.5) is 32.4 Å². The van der Waals surface area contributed by atoms with E-state index in [0.29, 0.717) is 25.2 Å². The highest BCUT2D eigenvalue weighted by Gasteiger charge is 2.35. The molecule has 4 atom stereocenters. The second-order valence-corrected chi connectivity index (χ2v) is 14.8. The number of methoxy groups -OCH3 is 1. The van der Waals surface area contributed by atoms with Gasteiger partial charge in [0, 0.05) is 45.1 Å². The number of alkyl carbamates (subject to hydrolysis) is 1. The van der Waals surface area contributed by atoms with Gasteiger partial charge in [0.15, 0.2) is 0 Å². The van der Waals surface area contributed by atoms with E-state index in [1.165, 1.54) is 12.1 Å². The van der Waals surface area contributed by atoms with E-state index in [2.05, 4.69) is 16.0 Å². The van der Waals surface area contributed by atoms with Crippen molar-refractivity contribution in [2.45, 2.75) is 105 Å². The van der Waals surface area contributed by atoms with Gasteiger partial charge in [0.2, 0.25) is 11.8 Å². The molecule has 2 rings (SSSR count). The zero-order valence-electron chi connectivity index (χ0n) is 31.7. The highest BCUT2D eigenvalue weighted by molar-refractivity contribution is 5.92. The van der Waals surface area contributed by atoms with Crippen molar-refractivity contribution in [3.63, 3.8) is 0 Å². The number of halogens is 5. The van der Waals surface area contributed by atoms with Crippen LogP contribution in [-0.4, -0.2) is 61.1 Å². The molecule has 15 heteroatoms. The molecular weight excluding hydrogens is 705 g/mol. The van der Waals surface area contributed by atoms with Crippen LogP contribution in [0.15, 0.2) is 36.4 Å². The number of nitrogens with one attached hydrogen (secondary N) is 3. The number of aliphatic hydroxyl groups excluding tert-OH is 1. The maximum Gasteiger partial charge on any atom is 0.419 e. The Balaban J connectivity index is 2.25. The van der Waals surface area contributed by atoms with Gasteiger partial charge in [-0.1, -0.05) is 33.8 Å². The lowest BCUT2D eigenvalue weighted by molar-refractivity contribution is -0.140. The first kappa shape index (κ1) is 45.2. The molecule has 10 nitrogen and oxygen atoms in total. The van der Waals surface area contributed by atoms with Crippen molar-refractivity contribution in [3.05, 3.63) is 59.2 Å². The Kier molecular flexibility index (Phi) is 17.4. The number of alkyl halides is 3. The molecule has 0 fully saturated rings. The van der Waals surface area contributed by atoms with Crippen LogP contribution in [0.5, 0.6) is 5.75 Å². The Labute approximate surface area is 308 Å². The topological polar surface area (TPSA) is 135 Å². The number of carbonyl (C=O) groups is 3. The van der Waals surface area contributed by atoms with Gasteiger partial charge >= 0.3 is 12.3 Å². The molecule has 0 bridgehead atoms. The van der Waals surface area contributed by atoms with Gasteiger partial charge in [-0.3, -0.25) is 9.59 Å². The maximum absolute atomic E-state index is 14.2. The van der Waals surface area contributed by atoms with E-state index in [1.807, 2.05) is 13.8 Å². The standard InChI is InChI=1S/C38H54F5N3O7/c1-22(2)25(18-34(48)45-31-19-26(39)11-13-33(31)52-15-9-14-51-8)17-30(46-36(50)53-37(5,6)7)32(47)20-27(23(3)4)35(49)44-21-24-10-12-28(29(40)16-24)38(41,42)43/h10-13,16,19,22-23,25,27,30,32,47H,9,14-15,17-18,20-21H2,1-8H3,(H,44,49)(H,45,48)(H,46,50)/t25-,27+,30+,32+/m1/s1. The van der Waals surface area contributed by atoms with Crippen LogP contribution in [0.3, 0.4) is 0 Å². The molecule has 0 spiro atoms. The van der Waals surface area contributed by atoms with Crippen LogP contribution in [0.25, 0.3) is 0 Å². The van der Waals surface area contributed by atoms with Gasteiger partial charge in [-0.2, -0.15) is 13.2 Å². The summed E-state index contributed by atoms with van der Waals surface area (Å²) in [6, 6.07) is 5.17. The Morgan fingerprint density at radius 3 is 2.15 bits per heavy atom. The normalized spacial score (nSPS) is 14.3. The Morgan fingerprint density at radius 1 is 0.906 bits per heavy atom. The largest absolute Gasteiger partial charge is 0.491 e. The number of aliphatic hydroxyl groups is 1. The third kappa shape index (κ3) is 15.9. The van der Waals surface area contributed by atoms with E-state index in [1.54, 1.807) is 41.7 Å². The second-order valence-electron chi connectivity index (χ2n) is 14.8. The average molecular weight is 760 g/mol. The molecule has 0 aliphatic carbocycles. The number of benzene rings is 2. The number of rotatable bonds is 19. The predicted octanol–water partition coefficient (Wildman–Crippen LogP) is 7.62. The summed E-state index contributed by atoms with van der Waals surface area (Å²) in [6.07, 6.45) is -6.56. The zero-order chi connectivity index (χ0) is 40.1. The summed E-state index contributed by atoms with van der Waals surface area (Å²) in [5.74, 6) is -4.49. The Morgan fingerprint density at radius 2 is 1.58 bits per heavy atom. The number of amides is 3. The van der Waals surface area contributed by atoms with Crippen LogP contribution < -0.4 is 20.7 Å². The predicted molar refractivity (Wildman–Crippen MR) is 190 cm³/mol. The molecule has 2 aromatic carbocycles. The summed E-state index contributed by atoms with van der Waals surface area (Å²) in [5.41, 5.74) is -2.04. The number of ether oxygens (including phenoxy) is 3. The van der Waals surface area contributed by atoms with Crippen LogP contribution in [-0.2, 0) is 31.8 Å². The van der Waals surface area contributed by atoms with E-state index >= 15 is 0 Å². The molecule has 3 amide bonds. The summed E-state index contributed by atoms with van der Waals surface area (Å²) in [4.78, 5) is 39.6. The van der Waals surface area contributed by atoms with Crippen molar-refractivity contribution < 1.29 is 55.7 Å². The minimum absolute atomic E-state index is 0.0751. The van der Waals surface area contributed by atoms with Gasteiger partial charge in [-0.05, 0) is 81.2 Å². The van der Waals surface area contributed by atoms with Gasteiger partial charge in [0.25, 0.3) is 0 Å². The minimum Gasteiger partial charge on any atom is -0.491 e. The third-order valence-electron chi connectivity index (χ3n) is 8.52. The van der Waals surface area contributed by atoms with E-state index in [9.17, 15) is 41.4 Å². The minimum atomic E-state index is -4.86. The van der Waals surface area contributed by atoms with Gasteiger partial charge in [-0.15, -0.1) is 0 Å². The van der Waals surface area contributed by atoms with E-state index < -0.39 is 70.9 Å². The first-order valence-electron chi connectivity index (χ1n) is 17.6. The third-order valence-corrected chi connectivity index (χ3v) is 8.52. The van der Waals surface area contributed by atoms with Crippen molar-refractivity contribution >= 4 is 23.6 Å². The SMILES string of the molecule is COCCCOc1ccc(F)cc1NC(=O)C[C@@H](C[C@H](NC(=O)OC(C)(C)C)[C@@H](O)C[C@H](C(=O)NCc1ccc(C(F)(F)F)c(F)c1)C(C)C)C(C)C. The molecule has 4 N–H and O–H groups in total. The molecule has 0 saturated heterocycles. The van der Waals surface area contributed by atoms with Crippen molar-refractivity contribution in [2.75, 3.05) is 25.6 Å². The number of carbonyl (C=O) groups excluding carboxylic acids is 3. The van der Waals surface area contributed by atoms with Crippen LogP contribution in [0.1, 0.15) is 85.3 Å². The molecule has 0 unspecified atom stereocenters. The average Bonchev–Trinajstić information content (AvgIpc) is 3.02. The summed E-state index contributed by atoms with van der Waals surface area (Å²) >= 11 is 0. The molecule has 0 radical (unpaired) electrons. The molecule has 0 heterocycles. The van der Waals surface area contributed by atoms with Gasteiger partial charge in [-0.25, -0.2) is 13.6 Å². The lowest BCUT2D eigenvalue weighted by Gasteiger charge is -2.33. The Hall–Kier alpha value is -3.98. The molecule has 0 aromatic heterocycles. The molecule has 53 heavy (non-hydrogen) atoms. The summed E-state index contributed by atoms with van der Waals surface area (Å²) in [7, 11) is 1.56. The first-order valence-corrected chi connectivity index (χ1v) is 17.6. The van der Waals surface area contributed by atoms with Crippen LogP contribution in [0, 0.1) is 35.3 Å². The smallest absolute Gasteiger partial charge is 0.419 e. The number of hydrogen-bond acceptors (Lipinski definition) is 7. The maximum atomic E-state index is 14.2. The molecular formula is C38H54F5N3O7. The number of hydrogen-bond donors (Lipinski definition) is 4. The van der Waals surface area contributed by atoms with Gasteiger partial charge in [0.1, 0.15) is 23.0 Å². The van der Waals surface area contributed by atoms with Crippen molar-refractivity contribution in [3.8, 4) is 5.75 Å². The lowest BCUT2D eigenvalue weighted by Crippen LogP contribution is -2.48. The summed E-state index contributed by atoms with van der Waals surface area (Å²) < 4.78 is 83.4. The fourth-order valence-electron chi connectivity index (χ4n) is 5.56. The van der Waals surface area contributed by atoms with Crippen molar-refractivity contribution in [1.82, 2.24) is 10.6 Å². The van der Waals surface area contributed by atoms with Gasteiger partial charge in [0.05, 0.1) is 30.0 Å². The van der Waals surface area contributed by atoms with Gasteiger partial charge < -0.3 is 35.3 Å². The molecule has 298 valence electrons. The molecule has 0 saturated carbocycles. The lowest BCUT2D eigenvalue weighted by atomic mass is 9.81. The van der Waals surface area contributed by atoms with E-state index in [-0.39, 0.29) is 61.3 Å². The summed E-state index contributed by atoms with van der Waals surface area (Å²) in [6.45, 7) is 12.7. The van der Waals surface area contributed by atoms with Crippen molar-refractivity contribution in [2.24, 2.45) is 23.7 Å². The summed E-state index contributed by atoms with van der Waals surface area (Å²) in [5, 5.41) is 19.6. The van der Waals surface area contributed by atoms with E-state index in [4.69, 9.17) is 14.2 Å². The highest BCUT2D eigenvalue weighted by Crippen LogP contribution is 2.32. The Bertz CT molecular complexity index is 1500.